The second kappa shape index (κ2) is 6.33. The highest BCUT2D eigenvalue weighted by Gasteiger charge is 2.28. The molecular weight excluding hydrogens is 340 g/mol. The second-order valence-electron chi connectivity index (χ2n) is 6.41. The highest BCUT2D eigenvalue weighted by Crippen LogP contribution is 2.41. The summed E-state index contributed by atoms with van der Waals surface area (Å²) in [5.74, 6) is -1.82. The quantitative estimate of drug-likeness (QED) is 0.783. The molecule has 1 amide bonds. The molecule has 26 heavy (non-hydrogen) atoms. The average molecular weight is 355 g/mol. The summed E-state index contributed by atoms with van der Waals surface area (Å²) >= 11 is 0. The molecule has 7 heteroatoms. The van der Waals surface area contributed by atoms with Crippen LogP contribution >= 0.6 is 0 Å². The number of fused-ring (bicyclic) bond motifs is 1. The van der Waals surface area contributed by atoms with Crippen molar-refractivity contribution in [3.63, 3.8) is 0 Å². The molecule has 0 spiro atoms. The molecule has 2 aromatic carbocycles. The molecule has 1 aliphatic rings. The van der Waals surface area contributed by atoms with E-state index >= 15 is 0 Å². The van der Waals surface area contributed by atoms with Crippen LogP contribution in [0.4, 0.5) is 8.78 Å². The Balaban J connectivity index is 1.65. The molecule has 132 valence electrons. The Morgan fingerprint density at radius 1 is 1.12 bits per heavy atom. The standard InChI is InChI=1S/C19H15F2N3O2/c20-13-7-11(8-14(21)10-13)9-17(25)22-24-19(26)16-4-2-1-3-15(16)18(23-24)12-5-6-12/h1-4,7-8,10,12H,5-6,9H2,(H,22,25). The second-order valence-corrected chi connectivity index (χ2v) is 6.41. The van der Waals surface area contributed by atoms with Crippen LogP contribution in [0.2, 0.25) is 0 Å². The lowest BCUT2D eigenvalue weighted by Crippen LogP contribution is -2.36. The van der Waals surface area contributed by atoms with Gasteiger partial charge in [0.2, 0.25) is 5.91 Å². The molecule has 1 aliphatic carbocycles. The third-order valence-corrected chi connectivity index (χ3v) is 4.32. The molecule has 5 nitrogen and oxygen atoms in total. The van der Waals surface area contributed by atoms with Crippen molar-refractivity contribution in [1.82, 2.24) is 9.89 Å². The number of carbonyl (C=O) groups is 1. The van der Waals surface area contributed by atoms with Crippen LogP contribution in [0.1, 0.15) is 30.0 Å². The van der Waals surface area contributed by atoms with E-state index in [4.69, 9.17) is 0 Å². The first-order chi connectivity index (χ1) is 12.5. The monoisotopic (exact) mass is 355 g/mol. The molecule has 4 rings (SSSR count). The highest BCUT2D eigenvalue weighted by atomic mass is 19.1. The van der Waals surface area contributed by atoms with Gasteiger partial charge in [-0.2, -0.15) is 5.10 Å². The van der Waals surface area contributed by atoms with E-state index in [1.165, 1.54) is 0 Å². The number of halogens is 2. The number of hydrogen-bond acceptors (Lipinski definition) is 3. The van der Waals surface area contributed by atoms with Crippen molar-refractivity contribution in [3.8, 4) is 0 Å². The minimum absolute atomic E-state index is 0.177. The molecule has 0 atom stereocenters. The third kappa shape index (κ3) is 3.20. The summed E-state index contributed by atoms with van der Waals surface area (Å²) in [6.07, 6.45) is 1.71. The highest BCUT2D eigenvalue weighted by molar-refractivity contribution is 5.87. The third-order valence-electron chi connectivity index (χ3n) is 4.32. The Hall–Kier alpha value is -3.09. The zero-order chi connectivity index (χ0) is 18.3. The Morgan fingerprint density at radius 3 is 2.42 bits per heavy atom. The van der Waals surface area contributed by atoms with E-state index in [-0.39, 0.29) is 17.9 Å². The lowest BCUT2D eigenvalue weighted by molar-refractivity contribution is -0.116. The predicted octanol–water partition coefficient (Wildman–Crippen LogP) is 2.86. The number of aromatic nitrogens is 2. The molecular formula is C19H15F2N3O2. The summed E-state index contributed by atoms with van der Waals surface area (Å²) in [5.41, 5.74) is 2.93. The molecule has 0 bridgehead atoms. The van der Waals surface area contributed by atoms with Crippen LogP contribution in [0.3, 0.4) is 0 Å². The van der Waals surface area contributed by atoms with Crippen molar-refractivity contribution in [2.75, 3.05) is 5.43 Å². The van der Waals surface area contributed by atoms with Gasteiger partial charge in [0.05, 0.1) is 17.5 Å². The number of rotatable bonds is 4. The molecule has 1 N–H and O–H groups in total. The van der Waals surface area contributed by atoms with Gasteiger partial charge >= 0.3 is 0 Å². The largest absolute Gasteiger partial charge is 0.294 e. The van der Waals surface area contributed by atoms with Crippen LogP contribution in [0, 0.1) is 11.6 Å². The molecule has 1 saturated carbocycles. The fourth-order valence-corrected chi connectivity index (χ4v) is 3.00. The number of nitrogens with one attached hydrogen (secondary N) is 1. The summed E-state index contributed by atoms with van der Waals surface area (Å²) in [6, 6.07) is 10.0. The van der Waals surface area contributed by atoms with E-state index in [9.17, 15) is 18.4 Å². The number of carbonyl (C=O) groups excluding carboxylic acids is 1. The van der Waals surface area contributed by atoms with Crippen LogP contribution in [-0.4, -0.2) is 15.8 Å². The Bertz CT molecular complexity index is 1050. The first-order valence-corrected chi connectivity index (χ1v) is 8.28. The zero-order valence-corrected chi connectivity index (χ0v) is 13.7. The minimum atomic E-state index is -0.759. The molecule has 1 heterocycles. The Labute approximate surface area is 147 Å². The maximum atomic E-state index is 13.3. The fourth-order valence-electron chi connectivity index (χ4n) is 3.00. The van der Waals surface area contributed by atoms with E-state index in [0.29, 0.717) is 5.39 Å². The molecule has 0 unspecified atom stereocenters. The van der Waals surface area contributed by atoms with Gasteiger partial charge in [0.1, 0.15) is 11.6 Å². The van der Waals surface area contributed by atoms with Gasteiger partial charge in [0.15, 0.2) is 0 Å². The van der Waals surface area contributed by atoms with Crippen LogP contribution in [0.15, 0.2) is 47.3 Å². The lowest BCUT2D eigenvalue weighted by Gasteiger charge is -2.11. The Morgan fingerprint density at radius 2 is 1.77 bits per heavy atom. The van der Waals surface area contributed by atoms with E-state index < -0.39 is 23.1 Å². The SMILES string of the molecule is O=C(Cc1cc(F)cc(F)c1)Nn1nc(C2CC2)c2ccccc2c1=O. The maximum absolute atomic E-state index is 13.3. The van der Waals surface area contributed by atoms with Crippen molar-refractivity contribution < 1.29 is 13.6 Å². The first kappa shape index (κ1) is 16.4. The Kier molecular flexibility index (Phi) is 3.99. The van der Waals surface area contributed by atoms with Gasteiger partial charge < -0.3 is 0 Å². The fraction of sp³-hybridized carbons (Fsp3) is 0.211. The van der Waals surface area contributed by atoms with Gasteiger partial charge in [-0.25, -0.2) is 14.2 Å². The topological polar surface area (TPSA) is 64.0 Å². The average Bonchev–Trinajstić information content (AvgIpc) is 3.41. The van der Waals surface area contributed by atoms with Gasteiger partial charge in [0.25, 0.3) is 5.56 Å². The van der Waals surface area contributed by atoms with Crippen LogP contribution in [0.5, 0.6) is 0 Å². The molecule has 1 fully saturated rings. The summed E-state index contributed by atoms with van der Waals surface area (Å²) < 4.78 is 26.5. The summed E-state index contributed by atoms with van der Waals surface area (Å²) in [6.45, 7) is 0. The van der Waals surface area contributed by atoms with Gasteiger partial charge in [-0.05, 0) is 36.6 Å². The summed E-state index contributed by atoms with van der Waals surface area (Å²) in [5, 5.41) is 5.57. The van der Waals surface area contributed by atoms with Gasteiger partial charge in [-0.15, -0.1) is 4.79 Å². The predicted molar refractivity (Wildman–Crippen MR) is 92.4 cm³/mol. The van der Waals surface area contributed by atoms with Crippen molar-refractivity contribution in [2.45, 2.75) is 25.2 Å². The van der Waals surface area contributed by atoms with Crippen molar-refractivity contribution in [1.29, 1.82) is 0 Å². The number of nitrogens with zero attached hydrogens (tertiary/aromatic N) is 2. The van der Waals surface area contributed by atoms with Crippen LogP contribution < -0.4 is 11.0 Å². The molecule has 1 aromatic heterocycles. The molecule has 0 aliphatic heterocycles. The normalized spacial score (nSPS) is 13.8. The van der Waals surface area contributed by atoms with Crippen molar-refractivity contribution in [2.24, 2.45) is 0 Å². The maximum Gasteiger partial charge on any atom is 0.294 e. The minimum Gasteiger partial charge on any atom is -0.273 e. The van der Waals surface area contributed by atoms with E-state index in [0.717, 1.165) is 46.9 Å². The molecule has 0 saturated heterocycles. The van der Waals surface area contributed by atoms with Crippen LogP contribution in [-0.2, 0) is 11.2 Å². The van der Waals surface area contributed by atoms with Crippen molar-refractivity contribution in [3.05, 3.63) is 75.7 Å². The number of amides is 1. The van der Waals surface area contributed by atoms with Gasteiger partial charge in [-0.1, -0.05) is 18.2 Å². The molecule has 3 aromatic rings. The van der Waals surface area contributed by atoms with Crippen LogP contribution in [0.25, 0.3) is 10.8 Å². The van der Waals surface area contributed by atoms with E-state index in [2.05, 4.69) is 10.5 Å². The van der Waals surface area contributed by atoms with Gasteiger partial charge in [-0.3, -0.25) is 9.59 Å². The van der Waals surface area contributed by atoms with Gasteiger partial charge in [0, 0.05) is 17.4 Å². The summed E-state index contributed by atoms with van der Waals surface area (Å²) in [4.78, 5) is 25.7. The lowest BCUT2D eigenvalue weighted by atomic mass is 10.1. The smallest absolute Gasteiger partial charge is 0.273 e. The zero-order valence-electron chi connectivity index (χ0n) is 13.7. The van der Waals surface area contributed by atoms with E-state index in [1.54, 1.807) is 12.1 Å². The number of benzene rings is 2. The first-order valence-electron chi connectivity index (χ1n) is 8.28. The van der Waals surface area contributed by atoms with Crippen molar-refractivity contribution >= 4 is 16.7 Å². The molecule has 0 radical (unpaired) electrons. The summed E-state index contributed by atoms with van der Waals surface area (Å²) in [7, 11) is 0. The number of hydrogen-bond donors (Lipinski definition) is 1. The van der Waals surface area contributed by atoms with E-state index in [1.807, 2.05) is 12.1 Å².